The number of carbonyl (C=O) groups excluding carboxylic acids is 1. The molecule has 1 atom stereocenters. The zero-order valence-corrected chi connectivity index (χ0v) is 12.8. The van der Waals surface area contributed by atoms with E-state index in [0.29, 0.717) is 12.1 Å². The maximum Gasteiger partial charge on any atom is 0.416 e. The van der Waals surface area contributed by atoms with Gasteiger partial charge in [0.1, 0.15) is 0 Å². The largest absolute Gasteiger partial charge is 0.416 e. The predicted molar refractivity (Wildman–Crippen MR) is 82.8 cm³/mol. The van der Waals surface area contributed by atoms with Crippen molar-refractivity contribution in [3.8, 4) is 5.69 Å². The molecule has 128 valence electrons. The second-order valence-corrected chi connectivity index (χ2v) is 5.77. The summed E-state index contributed by atoms with van der Waals surface area (Å²) in [4.78, 5) is 12.0. The topological polar surface area (TPSA) is 59.0 Å². The highest BCUT2D eigenvalue weighted by molar-refractivity contribution is 5.90. The van der Waals surface area contributed by atoms with Gasteiger partial charge >= 0.3 is 6.18 Å². The molecule has 3 rings (SSSR count). The van der Waals surface area contributed by atoms with Crippen molar-refractivity contribution in [2.45, 2.75) is 31.5 Å². The van der Waals surface area contributed by atoms with Gasteiger partial charge < -0.3 is 10.6 Å². The molecule has 1 aromatic carbocycles. The normalized spacial score (nSPS) is 17.9. The molecule has 0 bridgehead atoms. The zero-order chi connectivity index (χ0) is 17.2. The Morgan fingerprint density at radius 3 is 2.96 bits per heavy atom. The molecular formula is C16H17F3N4O. The van der Waals surface area contributed by atoms with Gasteiger partial charge in [0.05, 0.1) is 29.3 Å². The molecule has 1 aliphatic heterocycles. The van der Waals surface area contributed by atoms with Crippen LogP contribution in [-0.2, 0) is 11.0 Å². The van der Waals surface area contributed by atoms with Gasteiger partial charge in [0.25, 0.3) is 0 Å². The third-order valence-electron chi connectivity index (χ3n) is 3.90. The van der Waals surface area contributed by atoms with Crippen molar-refractivity contribution in [1.29, 1.82) is 0 Å². The van der Waals surface area contributed by atoms with E-state index >= 15 is 0 Å². The molecule has 0 spiro atoms. The molecule has 5 nitrogen and oxygen atoms in total. The molecule has 0 radical (unpaired) electrons. The lowest BCUT2D eigenvalue weighted by atomic mass is 10.1. The number of carbonyl (C=O) groups is 1. The van der Waals surface area contributed by atoms with Gasteiger partial charge in [0.2, 0.25) is 5.91 Å². The van der Waals surface area contributed by atoms with E-state index in [-0.39, 0.29) is 17.6 Å². The summed E-state index contributed by atoms with van der Waals surface area (Å²) >= 11 is 0. The van der Waals surface area contributed by atoms with Crippen LogP contribution in [-0.4, -0.2) is 28.3 Å². The number of hydrogen-bond acceptors (Lipinski definition) is 3. The maximum atomic E-state index is 12.8. The molecule has 0 aliphatic carbocycles. The fourth-order valence-corrected chi connectivity index (χ4v) is 2.72. The van der Waals surface area contributed by atoms with E-state index in [4.69, 9.17) is 0 Å². The number of nitrogens with zero attached hydrogens (tertiary/aromatic N) is 2. The summed E-state index contributed by atoms with van der Waals surface area (Å²) in [6.07, 6.45) is 0.904. The van der Waals surface area contributed by atoms with Crippen molar-refractivity contribution >= 4 is 11.6 Å². The molecule has 0 saturated carbocycles. The monoisotopic (exact) mass is 338 g/mol. The van der Waals surface area contributed by atoms with Gasteiger partial charge in [0, 0.05) is 12.5 Å². The lowest BCUT2D eigenvalue weighted by Crippen LogP contribution is -2.27. The van der Waals surface area contributed by atoms with Crippen LogP contribution in [0.2, 0.25) is 0 Å². The van der Waals surface area contributed by atoms with E-state index in [2.05, 4.69) is 15.7 Å². The molecule has 2 N–H and O–H groups in total. The minimum Gasteiger partial charge on any atom is -0.323 e. The third kappa shape index (κ3) is 3.94. The summed E-state index contributed by atoms with van der Waals surface area (Å²) < 4.78 is 39.6. The van der Waals surface area contributed by atoms with E-state index in [1.807, 2.05) is 0 Å². The molecule has 8 heteroatoms. The highest BCUT2D eigenvalue weighted by Crippen LogP contribution is 2.30. The van der Waals surface area contributed by atoms with Crippen LogP contribution in [0.1, 0.15) is 24.8 Å². The number of aromatic nitrogens is 2. The van der Waals surface area contributed by atoms with Crippen molar-refractivity contribution in [1.82, 2.24) is 15.1 Å². The van der Waals surface area contributed by atoms with Crippen LogP contribution in [0.25, 0.3) is 5.69 Å². The van der Waals surface area contributed by atoms with E-state index in [1.54, 1.807) is 0 Å². The third-order valence-corrected chi connectivity index (χ3v) is 3.90. The van der Waals surface area contributed by atoms with Crippen LogP contribution in [0.3, 0.4) is 0 Å². The molecule has 1 amide bonds. The smallest absolute Gasteiger partial charge is 0.323 e. The lowest BCUT2D eigenvalue weighted by molar-refractivity contribution is -0.137. The summed E-state index contributed by atoms with van der Waals surface area (Å²) in [6.45, 7) is 0.922. The number of halogens is 3. The number of anilines is 1. The molecule has 1 aliphatic rings. The molecule has 24 heavy (non-hydrogen) atoms. The first-order valence-electron chi connectivity index (χ1n) is 7.67. The summed E-state index contributed by atoms with van der Waals surface area (Å²) in [7, 11) is 0. The van der Waals surface area contributed by atoms with Gasteiger partial charge in [-0.2, -0.15) is 18.3 Å². The van der Waals surface area contributed by atoms with Crippen molar-refractivity contribution in [3.63, 3.8) is 0 Å². The van der Waals surface area contributed by atoms with Crippen LogP contribution in [0, 0.1) is 0 Å². The van der Waals surface area contributed by atoms with E-state index in [0.717, 1.165) is 31.5 Å². The van der Waals surface area contributed by atoms with Gasteiger partial charge in [-0.3, -0.25) is 4.79 Å². The average molecular weight is 338 g/mol. The highest BCUT2D eigenvalue weighted by Gasteiger charge is 2.30. The highest BCUT2D eigenvalue weighted by atomic mass is 19.4. The molecule has 1 saturated heterocycles. The molecular weight excluding hydrogens is 321 g/mol. The van der Waals surface area contributed by atoms with Crippen LogP contribution in [0.15, 0.2) is 36.7 Å². The molecule has 1 fully saturated rings. The van der Waals surface area contributed by atoms with E-state index < -0.39 is 11.7 Å². The lowest BCUT2D eigenvalue weighted by Gasteiger charge is -2.09. The Morgan fingerprint density at radius 1 is 1.42 bits per heavy atom. The standard InChI is InChI=1S/C16H17F3N4O/c17-16(18,19)11-3-1-5-14(7-11)23-10-13(9-21-23)22-15(24)8-12-4-2-6-20-12/h1,3,5,7,9-10,12,20H,2,4,6,8H2,(H,22,24). The molecule has 2 heterocycles. The first kappa shape index (κ1) is 16.5. The Hall–Kier alpha value is -2.35. The second-order valence-electron chi connectivity index (χ2n) is 5.77. The Bertz CT molecular complexity index is 720. The van der Waals surface area contributed by atoms with Crippen molar-refractivity contribution < 1.29 is 18.0 Å². The van der Waals surface area contributed by atoms with Crippen molar-refractivity contribution in [2.24, 2.45) is 0 Å². The Labute approximate surface area is 136 Å². The number of hydrogen-bond donors (Lipinski definition) is 2. The maximum absolute atomic E-state index is 12.8. The summed E-state index contributed by atoms with van der Waals surface area (Å²) in [6, 6.07) is 5.05. The van der Waals surface area contributed by atoms with Crippen LogP contribution >= 0.6 is 0 Å². The number of alkyl halides is 3. The fourth-order valence-electron chi connectivity index (χ4n) is 2.72. The van der Waals surface area contributed by atoms with Crippen LogP contribution in [0.4, 0.5) is 18.9 Å². The molecule has 1 unspecified atom stereocenters. The predicted octanol–water partition coefficient (Wildman–Crippen LogP) is 2.97. The van der Waals surface area contributed by atoms with Crippen molar-refractivity contribution in [3.05, 3.63) is 42.2 Å². The van der Waals surface area contributed by atoms with Crippen LogP contribution in [0.5, 0.6) is 0 Å². The fraction of sp³-hybridized carbons (Fsp3) is 0.375. The van der Waals surface area contributed by atoms with E-state index in [1.165, 1.54) is 29.2 Å². The summed E-state index contributed by atoms with van der Waals surface area (Å²) in [5.41, 5.74) is -0.00779. The van der Waals surface area contributed by atoms with Gasteiger partial charge in [-0.25, -0.2) is 4.68 Å². The Balaban J connectivity index is 1.68. The zero-order valence-electron chi connectivity index (χ0n) is 12.8. The van der Waals surface area contributed by atoms with Gasteiger partial charge in [-0.15, -0.1) is 0 Å². The average Bonchev–Trinajstić information content (AvgIpc) is 3.18. The minimum atomic E-state index is -4.41. The summed E-state index contributed by atoms with van der Waals surface area (Å²) in [5.74, 6) is -0.141. The quantitative estimate of drug-likeness (QED) is 0.901. The van der Waals surface area contributed by atoms with Gasteiger partial charge in [-0.1, -0.05) is 6.07 Å². The Kier molecular flexibility index (Phi) is 4.57. The second kappa shape index (κ2) is 6.64. The van der Waals surface area contributed by atoms with Crippen LogP contribution < -0.4 is 10.6 Å². The Morgan fingerprint density at radius 2 is 2.25 bits per heavy atom. The number of rotatable bonds is 4. The SMILES string of the molecule is O=C(CC1CCCN1)Nc1cnn(-c2cccc(C(F)(F)F)c2)c1. The van der Waals surface area contributed by atoms with Crippen molar-refractivity contribution in [2.75, 3.05) is 11.9 Å². The number of amides is 1. The summed E-state index contributed by atoms with van der Waals surface area (Å²) in [5, 5.41) is 9.97. The number of nitrogens with one attached hydrogen (secondary N) is 2. The van der Waals surface area contributed by atoms with Gasteiger partial charge in [0.15, 0.2) is 0 Å². The minimum absolute atomic E-state index is 0.141. The molecule has 1 aromatic heterocycles. The van der Waals surface area contributed by atoms with E-state index in [9.17, 15) is 18.0 Å². The first-order valence-corrected chi connectivity index (χ1v) is 7.67. The first-order chi connectivity index (χ1) is 11.4. The van der Waals surface area contributed by atoms with Gasteiger partial charge in [-0.05, 0) is 37.6 Å². The molecule has 2 aromatic rings. The number of benzene rings is 1.